The van der Waals surface area contributed by atoms with E-state index in [0.29, 0.717) is 6.42 Å². The lowest BCUT2D eigenvalue weighted by Crippen LogP contribution is -2.66. The van der Waals surface area contributed by atoms with E-state index < -0.39 is 124 Å². The van der Waals surface area contributed by atoms with Crippen molar-refractivity contribution in [2.45, 2.75) is 356 Å². The minimum absolute atomic E-state index is 0.237. The fraction of sp³-hybridized carbons (Fsp3) is 0.779. The summed E-state index contributed by atoms with van der Waals surface area (Å²) in [5.74, 6) is -0.279. The Morgan fingerprint density at radius 2 is 0.719 bits per heavy atom. The first kappa shape index (κ1) is 86.9. The summed E-state index contributed by atoms with van der Waals surface area (Å²) in [7, 11) is 0. The van der Waals surface area contributed by atoms with Crippen molar-refractivity contribution in [3.63, 3.8) is 0 Å². The van der Waals surface area contributed by atoms with Gasteiger partial charge < -0.3 is 89.9 Å². The van der Waals surface area contributed by atoms with Crippen LogP contribution in [-0.2, 0) is 33.2 Å². The lowest BCUT2D eigenvalue weighted by Gasteiger charge is -2.48. The zero-order chi connectivity index (χ0) is 69.6. The number of unbranched alkanes of at least 4 members (excludes halogenated alkanes) is 27. The second-order valence-electron chi connectivity index (χ2n) is 26.4. The number of hydrogen-bond donors (Lipinski definition) is 12. The van der Waals surface area contributed by atoms with Crippen molar-refractivity contribution in [3.05, 3.63) is 97.2 Å². The molecule has 3 aliphatic heterocycles. The Morgan fingerprint density at radius 1 is 0.385 bits per heavy atom. The summed E-state index contributed by atoms with van der Waals surface area (Å²) in [4.78, 5) is 13.4. The van der Waals surface area contributed by atoms with Crippen molar-refractivity contribution >= 4 is 5.91 Å². The zero-order valence-corrected chi connectivity index (χ0v) is 58.8. The van der Waals surface area contributed by atoms with Crippen LogP contribution in [0.5, 0.6) is 0 Å². The first-order valence-corrected chi connectivity index (χ1v) is 37.5. The van der Waals surface area contributed by atoms with Crippen LogP contribution in [0.4, 0.5) is 0 Å². The van der Waals surface area contributed by atoms with Gasteiger partial charge in [-0.1, -0.05) is 265 Å². The maximum atomic E-state index is 13.4. The van der Waals surface area contributed by atoms with Crippen LogP contribution in [0.15, 0.2) is 97.2 Å². The van der Waals surface area contributed by atoms with E-state index in [1.54, 1.807) is 6.08 Å². The lowest BCUT2D eigenvalue weighted by atomic mass is 9.96. The average molecular weight is 1360 g/mol. The number of allylic oxidation sites excluding steroid dienone is 15. The van der Waals surface area contributed by atoms with Gasteiger partial charge in [-0.2, -0.15) is 0 Å². The fourth-order valence-electron chi connectivity index (χ4n) is 12.1. The van der Waals surface area contributed by atoms with Crippen LogP contribution in [0.1, 0.15) is 251 Å². The van der Waals surface area contributed by atoms with Crippen molar-refractivity contribution in [1.29, 1.82) is 0 Å². The van der Waals surface area contributed by atoms with Gasteiger partial charge in [0, 0.05) is 6.42 Å². The van der Waals surface area contributed by atoms with Gasteiger partial charge in [0.05, 0.1) is 38.6 Å². The van der Waals surface area contributed by atoms with Gasteiger partial charge in [-0.15, -0.1) is 0 Å². The Balaban J connectivity index is 1.36. The summed E-state index contributed by atoms with van der Waals surface area (Å²) in [6.45, 7) is 1.62. The van der Waals surface area contributed by atoms with E-state index in [0.717, 1.165) is 96.3 Å². The smallest absolute Gasteiger partial charge is 0.220 e. The molecule has 3 fully saturated rings. The summed E-state index contributed by atoms with van der Waals surface area (Å²) >= 11 is 0. The van der Waals surface area contributed by atoms with Crippen molar-refractivity contribution < 1.29 is 89.4 Å². The summed E-state index contributed by atoms with van der Waals surface area (Å²) in [6, 6.07) is -0.979. The Kier molecular flexibility index (Phi) is 51.9. The lowest BCUT2D eigenvalue weighted by molar-refractivity contribution is -0.379. The maximum Gasteiger partial charge on any atom is 0.220 e. The highest BCUT2D eigenvalue weighted by atomic mass is 16.8. The van der Waals surface area contributed by atoms with Gasteiger partial charge >= 0.3 is 0 Å². The normalized spacial score (nSPS) is 27.6. The summed E-state index contributed by atoms with van der Waals surface area (Å²) in [5.41, 5.74) is 0. The molecule has 3 heterocycles. The van der Waals surface area contributed by atoms with Crippen LogP contribution >= 0.6 is 0 Å². The predicted molar refractivity (Wildman–Crippen MR) is 378 cm³/mol. The van der Waals surface area contributed by atoms with E-state index >= 15 is 0 Å². The second-order valence-corrected chi connectivity index (χ2v) is 26.4. The number of amides is 1. The summed E-state index contributed by atoms with van der Waals surface area (Å²) in [6.07, 6.45) is 49.5. The number of rotatable bonds is 57. The number of aliphatic hydroxyl groups excluding tert-OH is 11. The van der Waals surface area contributed by atoms with E-state index in [1.807, 2.05) is 6.08 Å². The van der Waals surface area contributed by atoms with E-state index in [4.69, 9.17) is 28.4 Å². The largest absolute Gasteiger partial charge is 0.394 e. The summed E-state index contributed by atoms with van der Waals surface area (Å²) < 4.78 is 34.4. The Labute approximate surface area is 577 Å². The van der Waals surface area contributed by atoms with E-state index in [9.17, 15) is 61.0 Å². The minimum atomic E-state index is -1.98. The van der Waals surface area contributed by atoms with Crippen LogP contribution in [0, 0.1) is 0 Å². The SMILES string of the molecule is CC/C=C\C/C=C\C/C=C\C/C=C\C/C=C\C/C=C\C/C=C\CCCCCCCCCCCCCCCC(=O)NC(COC1OC(CO)C(OC2OC(CO)C(OC3OC(CO)C(O)C(O)C3O)C(O)C2O)C(O)C1O)C(O)/C=C/CCCCCCCCCCCCCCCC. The second kappa shape index (κ2) is 57.3. The van der Waals surface area contributed by atoms with Gasteiger partial charge in [-0.3, -0.25) is 4.79 Å². The van der Waals surface area contributed by atoms with Crippen LogP contribution < -0.4 is 5.32 Å². The highest BCUT2D eigenvalue weighted by Gasteiger charge is 2.53. The molecule has 3 saturated heterocycles. The molecule has 19 heteroatoms. The molecule has 0 radical (unpaired) electrons. The number of carbonyl (C=O) groups is 1. The van der Waals surface area contributed by atoms with Gasteiger partial charge in [0.2, 0.25) is 5.91 Å². The monoisotopic (exact) mass is 1360 g/mol. The molecule has 3 aliphatic rings. The molecule has 0 aromatic rings. The van der Waals surface area contributed by atoms with Crippen molar-refractivity contribution in [3.8, 4) is 0 Å². The first-order chi connectivity index (χ1) is 46.8. The molecule has 12 N–H and O–H groups in total. The molecular formula is C77H133NO18. The first-order valence-electron chi connectivity index (χ1n) is 37.5. The third-order valence-electron chi connectivity index (χ3n) is 18.1. The molecule has 0 aromatic heterocycles. The number of ether oxygens (including phenoxy) is 6. The maximum absolute atomic E-state index is 13.4. The highest BCUT2D eigenvalue weighted by molar-refractivity contribution is 5.76. The summed E-state index contributed by atoms with van der Waals surface area (Å²) in [5, 5.41) is 121. The van der Waals surface area contributed by atoms with Gasteiger partial charge in [0.1, 0.15) is 73.2 Å². The molecular weight excluding hydrogens is 1230 g/mol. The minimum Gasteiger partial charge on any atom is -0.394 e. The van der Waals surface area contributed by atoms with E-state index in [-0.39, 0.29) is 18.9 Å². The average Bonchev–Trinajstić information content (AvgIpc) is 0.798. The third-order valence-corrected chi connectivity index (χ3v) is 18.1. The van der Waals surface area contributed by atoms with Gasteiger partial charge in [0.15, 0.2) is 18.9 Å². The van der Waals surface area contributed by atoms with Crippen LogP contribution in [0.25, 0.3) is 0 Å². The third kappa shape index (κ3) is 37.9. The number of aliphatic hydroxyl groups is 11. The highest BCUT2D eigenvalue weighted by Crippen LogP contribution is 2.33. The number of carbonyl (C=O) groups excluding carboxylic acids is 1. The molecule has 19 nitrogen and oxygen atoms in total. The molecule has 0 bridgehead atoms. The van der Waals surface area contributed by atoms with Gasteiger partial charge in [-0.25, -0.2) is 0 Å². The van der Waals surface area contributed by atoms with Gasteiger partial charge in [0.25, 0.3) is 0 Å². The van der Waals surface area contributed by atoms with Crippen molar-refractivity contribution in [2.24, 2.45) is 0 Å². The quantitative estimate of drug-likeness (QED) is 0.0199. The topological polar surface area (TPSA) is 307 Å². The Hall–Kier alpha value is -3.29. The Bertz CT molecular complexity index is 2110. The molecule has 0 spiro atoms. The molecule has 0 saturated carbocycles. The molecule has 17 atom stereocenters. The van der Waals surface area contributed by atoms with E-state index in [1.165, 1.54) is 128 Å². The molecule has 554 valence electrons. The molecule has 3 rings (SSSR count). The number of nitrogens with one attached hydrogen (secondary N) is 1. The Morgan fingerprint density at radius 3 is 1.12 bits per heavy atom. The molecule has 0 aliphatic carbocycles. The molecule has 17 unspecified atom stereocenters. The fourth-order valence-corrected chi connectivity index (χ4v) is 12.1. The van der Waals surface area contributed by atoms with Gasteiger partial charge in [-0.05, 0) is 77.0 Å². The number of hydrogen-bond acceptors (Lipinski definition) is 18. The van der Waals surface area contributed by atoms with Crippen LogP contribution in [0.2, 0.25) is 0 Å². The zero-order valence-electron chi connectivity index (χ0n) is 58.8. The van der Waals surface area contributed by atoms with Crippen LogP contribution in [0.3, 0.4) is 0 Å². The standard InChI is InChI=1S/C77H133NO18/c1-3-5-7-9-11-13-15-17-19-21-22-23-24-25-26-27-28-29-30-31-32-33-34-35-36-37-38-39-41-43-45-47-49-51-53-55-65(83)78-60(61(82)54-52-50-48-46-44-42-40-20-18-16-14-12-10-8-6-4-2)59-91-75-71(89)68(86)73(63(57-80)93-75)96-77-72(90)69(87)74(64(58-81)94-77)95-76-70(88)67(85)66(84)62(56-79)92-76/h5,7,11,13,17,19,22-23,25-26,28-29,31-32,52,54,60-64,66-77,79-82,84-90H,3-4,6,8-10,12,14-16,18,20-21,24,27,30,33-51,53,55-59H2,1-2H3,(H,78,83)/b7-5-,13-11-,19-17-,23-22-,26-25-,29-28-,32-31-,54-52+. The molecule has 0 aromatic carbocycles. The molecule has 96 heavy (non-hydrogen) atoms. The van der Waals surface area contributed by atoms with Crippen molar-refractivity contribution in [1.82, 2.24) is 5.32 Å². The predicted octanol–water partition coefficient (Wildman–Crippen LogP) is 11.2. The van der Waals surface area contributed by atoms with E-state index in [2.05, 4.69) is 104 Å². The molecule has 1 amide bonds. The van der Waals surface area contributed by atoms with Crippen molar-refractivity contribution in [2.75, 3.05) is 26.4 Å². The van der Waals surface area contributed by atoms with Crippen LogP contribution in [-0.4, -0.2) is 193 Å².